The molecule has 0 aliphatic rings. The molecule has 5 nitrogen and oxygen atoms in total. The van der Waals surface area contributed by atoms with Crippen LogP contribution >= 0.6 is 0 Å². The number of carbonyl (C=O) groups excluding carboxylic acids is 1. The highest BCUT2D eigenvalue weighted by molar-refractivity contribution is 5.94. The number of aromatic nitrogens is 2. The highest BCUT2D eigenvalue weighted by atomic mass is 16.1. The molecule has 21 heavy (non-hydrogen) atoms. The second kappa shape index (κ2) is 7.47. The molecule has 1 amide bonds. The van der Waals surface area contributed by atoms with Gasteiger partial charge < -0.3 is 15.2 Å². The van der Waals surface area contributed by atoms with E-state index in [1.807, 2.05) is 35.9 Å². The molecule has 0 radical (unpaired) electrons. The van der Waals surface area contributed by atoms with E-state index >= 15 is 0 Å². The molecule has 5 heteroatoms. The van der Waals surface area contributed by atoms with E-state index in [1.54, 1.807) is 12.5 Å². The fourth-order valence-electron chi connectivity index (χ4n) is 2.08. The molecular formula is C16H22N4O. The summed E-state index contributed by atoms with van der Waals surface area (Å²) >= 11 is 0. The van der Waals surface area contributed by atoms with Crippen molar-refractivity contribution in [1.29, 1.82) is 0 Å². The maximum absolute atomic E-state index is 12.1. The molecule has 1 heterocycles. The maximum Gasteiger partial charge on any atom is 0.251 e. The Balaban J connectivity index is 1.88. The summed E-state index contributed by atoms with van der Waals surface area (Å²) in [5.41, 5.74) is 2.87. The molecule has 0 fully saturated rings. The van der Waals surface area contributed by atoms with Gasteiger partial charge in [-0.3, -0.25) is 4.79 Å². The number of rotatable bonds is 7. The van der Waals surface area contributed by atoms with E-state index in [-0.39, 0.29) is 5.91 Å². The van der Waals surface area contributed by atoms with Crippen LogP contribution in [0.4, 0.5) is 5.69 Å². The van der Waals surface area contributed by atoms with Crippen LogP contribution in [0.5, 0.6) is 0 Å². The van der Waals surface area contributed by atoms with Crippen LogP contribution in [0.2, 0.25) is 0 Å². The monoisotopic (exact) mass is 286 g/mol. The van der Waals surface area contributed by atoms with Gasteiger partial charge in [0.1, 0.15) is 0 Å². The zero-order valence-electron chi connectivity index (χ0n) is 12.6. The minimum absolute atomic E-state index is 0.0414. The summed E-state index contributed by atoms with van der Waals surface area (Å²) < 4.78 is 1.93. The van der Waals surface area contributed by atoms with Gasteiger partial charge in [-0.2, -0.15) is 0 Å². The van der Waals surface area contributed by atoms with Crippen molar-refractivity contribution in [3.05, 3.63) is 48.0 Å². The first kappa shape index (κ1) is 15.1. The third-order valence-electron chi connectivity index (χ3n) is 3.27. The third kappa shape index (κ3) is 4.34. The lowest BCUT2D eigenvalue weighted by Crippen LogP contribution is -2.27. The summed E-state index contributed by atoms with van der Waals surface area (Å²) in [4.78, 5) is 16.1. The van der Waals surface area contributed by atoms with Crippen molar-refractivity contribution >= 4 is 11.6 Å². The van der Waals surface area contributed by atoms with Gasteiger partial charge in [0.2, 0.25) is 0 Å². The second-order valence-corrected chi connectivity index (χ2v) is 5.01. The summed E-state index contributed by atoms with van der Waals surface area (Å²) in [5.74, 6) is -0.0414. The number of hydrogen-bond donors (Lipinski definition) is 2. The molecule has 0 atom stereocenters. The quantitative estimate of drug-likeness (QED) is 0.822. The van der Waals surface area contributed by atoms with Crippen LogP contribution in [0.25, 0.3) is 0 Å². The van der Waals surface area contributed by atoms with Gasteiger partial charge >= 0.3 is 0 Å². The van der Waals surface area contributed by atoms with E-state index in [4.69, 9.17) is 0 Å². The number of hydrogen-bond acceptors (Lipinski definition) is 3. The van der Waals surface area contributed by atoms with Crippen molar-refractivity contribution in [2.75, 3.05) is 18.4 Å². The summed E-state index contributed by atoms with van der Waals surface area (Å²) in [7, 11) is 0. The predicted molar refractivity (Wildman–Crippen MR) is 84.5 cm³/mol. The molecule has 0 unspecified atom stereocenters. The van der Waals surface area contributed by atoms with E-state index in [2.05, 4.69) is 22.5 Å². The Bertz CT molecular complexity index is 578. The zero-order valence-corrected chi connectivity index (χ0v) is 12.6. The predicted octanol–water partition coefficient (Wildman–Crippen LogP) is 2.44. The van der Waals surface area contributed by atoms with Gasteiger partial charge in [0, 0.05) is 43.3 Å². The van der Waals surface area contributed by atoms with Crippen LogP contribution in [0, 0.1) is 6.92 Å². The molecule has 0 aliphatic carbocycles. The van der Waals surface area contributed by atoms with Crippen LogP contribution in [0.3, 0.4) is 0 Å². The molecule has 2 rings (SSSR count). The van der Waals surface area contributed by atoms with E-state index in [1.165, 1.54) is 0 Å². The number of aryl methyl sites for hydroxylation is 1. The first-order valence-electron chi connectivity index (χ1n) is 7.29. The van der Waals surface area contributed by atoms with E-state index < -0.39 is 0 Å². The number of nitrogens with one attached hydrogen (secondary N) is 2. The molecule has 1 aromatic carbocycles. The van der Waals surface area contributed by atoms with Crippen LogP contribution < -0.4 is 10.6 Å². The van der Waals surface area contributed by atoms with E-state index in [9.17, 15) is 4.79 Å². The molecule has 2 N–H and O–H groups in total. The molecule has 2 aromatic rings. The Morgan fingerprint density at radius 2 is 2.19 bits per heavy atom. The average Bonchev–Trinajstić information content (AvgIpc) is 2.99. The molecule has 0 aliphatic heterocycles. The Labute approximate surface area is 125 Å². The summed E-state index contributed by atoms with van der Waals surface area (Å²) in [6.07, 6.45) is 6.43. The molecule has 0 saturated heterocycles. The fourth-order valence-corrected chi connectivity index (χ4v) is 2.08. The zero-order chi connectivity index (χ0) is 15.1. The van der Waals surface area contributed by atoms with Gasteiger partial charge in [-0.05, 0) is 37.1 Å². The SMILES string of the molecule is CCCNc1ccc(C(=O)NCCn2ccnc2)cc1C. The molecule has 0 saturated carbocycles. The maximum atomic E-state index is 12.1. The molecular weight excluding hydrogens is 264 g/mol. The first-order valence-corrected chi connectivity index (χ1v) is 7.29. The first-order chi connectivity index (χ1) is 10.2. The topological polar surface area (TPSA) is 59.0 Å². The number of benzene rings is 1. The highest BCUT2D eigenvalue weighted by Gasteiger charge is 2.07. The number of anilines is 1. The Morgan fingerprint density at radius 1 is 1.33 bits per heavy atom. The van der Waals surface area contributed by atoms with Crippen molar-refractivity contribution in [1.82, 2.24) is 14.9 Å². The summed E-state index contributed by atoms with van der Waals surface area (Å²) in [5, 5.41) is 6.27. The van der Waals surface area contributed by atoms with Gasteiger partial charge in [-0.1, -0.05) is 6.92 Å². The van der Waals surface area contributed by atoms with Gasteiger partial charge in [-0.15, -0.1) is 0 Å². The van der Waals surface area contributed by atoms with Gasteiger partial charge in [0.25, 0.3) is 5.91 Å². The average molecular weight is 286 g/mol. The largest absolute Gasteiger partial charge is 0.385 e. The fraction of sp³-hybridized carbons (Fsp3) is 0.375. The van der Waals surface area contributed by atoms with Crippen LogP contribution in [-0.4, -0.2) is 28.5 Å². The van der Waals surface area contributed by atoms with Crippen molar-refractivity contribution in [3.8, 4) is 0 Å². The summed E-state index contributed by atoms with van der Waals surface area (Å²) in [6, 6.07) is 5.75. The lowest BCUT2D eigenvalue weighted by atomic mass is 10.1. The van der Waals surface area contributed by atoms with Gasteiger partial charge in [-0.25, -0.2) is 4.98 Å². The molecule has 0 bridgehead atoms. The minimum Gasteiger partial charge on any atom is -0.385 e. The number of carbonyl (C=O) groups is 1. The third-order valence-corrected chi connectivity index (χ3v) is 3.27. The van der Waals surface area contributed by atoms with Crippen LogP contribution in [0.1, 0.15) is 29.3 Å². The van der Waals surface area contributed by atoms with Crippen LogP contribution in [-0.2, 0) is 6.54 Å². The highest BCUT2D eigenvalue weighted by Crippen LogP contribution is 2.16. The van der Waals surface area contributed by atoms with Crippen molar-refractivity contribution in [2.45, 2.75) is 26.8 Å². The van der Waals surface area contributed by atoms with Crippen molar-refractivity contribution in [3.63, 3.8) is 0 Å². The normalized spacial score (nSPS) is 10.4. The second-order valence-electron chi connectivity index (χ2n) is 5.01. The lowest BCUT2D eigenvalue weighted by molar-refractivity contribution is 0.0952. The molecule has 0 spiro atoms. The minimum atomic E-state index is -0.0414. The standard InChI is InChI=1S/C16H22N4O/c1-3-6-18-15-5-4-14(11-13(15)2)16(21)19-8-10-20-9-7-17-12-20/h4-5,7,9,11-12,18H,3,6,8,10H2,1-2H3,(H,19,21). The van der Waals surface area contributed by atoms with E-state index in [0.29, 0.717) is 12.1 Å². The Morgan fingerprint density at radius 3 is 2.86 bits per heavy atom. The Kier molecular flexibility index (Phi) is 5.37. The van der Waals surface area contributed by atoms with Crippen molar-refractivity contribution < 1.29 is 4.79 Å². The number of amides is 1. The van der Waals surface area contributed by atoms with Crippen LogP contribution in [0.15, 0.2) is 36.9 Å². The smallest absolute Gasteiger partial charge is 0.251 e. The lowest BCUT2D eigenvalue weighted by Gasteiger charge is -2.11. The molecule has 112 valence electrons. The van der Waals surface area contributed by atoms with Crippen molar-refractivity contribution in [2.24, 2.45) is 0 Å². The summed E-state index contributed by atoms with van der Waals surface area (Å²) in [6.45, 7) is 6.40. The number of imidazole rings is 1. The number of nitrogens with zero attached hydrogens (tertiary/aromatic N) is 2. The van der Waals surface area contributed by atoms with Gasteiger partial charge in [0.15, 0.2) is 0 Å². The Hall–Kier alpha value is -2.30. The molecule has 1 aromatic heterocycles. The van der Waals surface area contributed by atoms with E-state index in [0.717, 1.165) is 30.8 Å². The van der Waals surface area contributed by atoms with Gasteiger partial charge in [0.05, 0.1) is 6.33 Å².